The maximum atomic E-state index is 13.3. The number of imide groups is 1. The van der Waals surface area contributed by atoms with Crippen LogP contribution in [0.3, 0.4) is 0 Å². The zero-order chi connectivity index (χ0) is 29.2. The second-order valence-electron chi connectivity index (χ2n) is 10.1. The number of aryl methyl sites for hydroxylation is 1. The quantitative estimate of drug-likeness (QED) is 0.220. The minimum atomic E-state index is -1.03. The summed E-state index contributed by atoms with van der Waals surface area (Å²) in [7, 11) is 0. The van der Waals surface area contributed by atoms with Crippen LogP contribution in [0, 0.1) is 11.8 Å². The van der Waals surface area contributed by atoms with Crippen molar-refractivity contribution in [3.8, 4) is 0 Å². The molecule has 4 unspecified atom stereocenters. The molecule has 1 N–H and O–H groups in total. The topological polar surface area (TPSA) is 125 Å². The van der Waals surface area contributed by atoms with Crippen molar-refractivity contribution < 1.29 is 42.9 Å². The molecule has 4 atom stereocenters. The average molecular weight is 625 g/mol. The van der Waals surface area contributed by atoms with Crippen molar-refractivity contribution >= 4 is 33.9 Å². The number of carbonyl (C=O) groups excluding carboxylic acids is 3. The molecule has 1 aromatic carbocycles. The number of hydrogen-bond donors (Lipinski definition) is 1. The number of carbonyl (C=O) groups is 3. The van der Waals surface area contributed by atoms with Gasteiger partial charge in [-0.2, -0.15) is 0 Å². The largest absolute Gasteiger partial charge is 0.461 e. The monoisotopic (exact) mass is 623 g/mol. The van der Waals surface area contributed by atoms with Gasteiger partial charge in [0.25, 0.3) is 0 Å². The van der Waals surface area contributed by atoms with Crippen LogP contribution in [0.2, 0.25) is 0 Å². The highest BCUT2D eigenvalue weighted by molar-refractivity contribution is 9.10. The summed E-state index contributed by atoms with van der Waals surface area (Å²) in [5.41, 5.74) is 1.02. The predicted octanol–water partition coefficient (Wildman–Crippen LogP) is 4.81. The fraction of sp³-hybridized carbons (Fsp3) is 0.552. The first-order valence-corrected chi connectivity index (χ1v) is 14.2. The number of rotatable bonds is 15. The van der Waals surface area contributed by atoms with Crippen LogP contribution < -0.4 is 0 Å². The Bertz CT molecular complexity index is 1120. The van der Waals surface area contributed by atoms with Gasteiger partial charge in [0.15, 0.2) is 6.10 Å². The minimum Gasteiger partial charge on any atom is -0.461 e. The second-order valence-corrected chi connectivity index (χ2v) is 11.0. The summed E-state index contributed by atoms with van der Waals surface area (Å²) in [6.45, 7) is 7.68. The lowest BCUT2D eigenvalue weighted by Crippen LogP contribution is -2.45. The first-order chi connectivity index (χ1) is 19.1. The van der Waals surface area contributed by atoms with Gasteiger partial charge in [0.1, 0.15) is 24.2 Å². The van der Waals surface area contributed by atoms with E-state index < -0.39 is 42.1 Å². The highest BCUT2D eigenvalue weighted by Gasteiger charge is 2.44. The SMILES string of the molecule is CC(=O)OC(c1cc(Br)c(CCCOCC(CO)OCc2ccccc2)o1)C(C)C(=O)N1C(=O)OCC1C(C)C. The Morgan fingerprint density at radius 2 is 1.93 bits per heavy atom. The molecule has 40 heavy (non-hydrogen) atoms. The minimum absolute atomic E-state index is 0.00411. The lowest BCUT2D eigenvalue weighted by molar-refractivity contribution is -0.155. The summed E-state index contributed by atoms with van der Waals surface area (Å²) in [5, 5.41) is 9.59. The van der Waals surface area contributed by atoms with Gasteiger partial charge in [-0.1, -0.05) is 44.2 Å². The smallest absolute Gasteiger partial charge is 0.416 e. The summed E-state index contributed by atoms with van der Waals surface area (Å²) in [4.78, 5) is 38.7. The molecular formula is C29H38BrNO9. The fourth-order valence-electron chi connectivity index (χ4n) is 4.34. The Labute approximate surface area is 243 Å². The molecule has 1 fully saturated rings. The molecule has 2 amide bonds. The lowest BCUT2D eigenvalue weighted by Gasteiger charge is -2.28. The third kappa shape index (κ3) is 8.63. The number of nitrogens with zero attached hydrogens (tertiary/aromatic N) is 1. The molecule has 1 aromatic heterocycles. The molecule has 10 nitrogen and oxygen atoms in total. The van der Waals surface area contributed by atoms with Crippen LogP contribution in [0.15, 0.2) is 45.3 Å². The number of amides is 2. The number of esters is 1. The van der Waals surface area contributed by atoms with Gasteiger partial charge in [0.2, 0.25) is 5.91 Å². The molecule has 3 rings (SSSR count). The Morgan fingerprint density at radius 3 is 2.58 bits per heavy atom. The molecule has 11 heteroatoms. The first-order valence-electron chi connectivity index (χ1n) is 13.4. The maximum absolute atomic E-state index is 13.3. The van der Waals surface area contributed by atoms with E-state index in [1.54, 1.807) is 13.0 Å². The Kier molecular flexibility index (Phi) is 12.2. The molecule has 0 aliphatic carbocycles. The number of ether oxygens (including phenoxy) is 4. The van der Waals surface area contributed by atoms with Gasteiger partial charge < -0.3 is 28.5 Å². The molecule has 220 valence electrons. The van der Waals surface area contributed by atoms with Crippen LogP contribution in [0.25, 0.3) is 0 Å². The summed E-state index contributed by atoms with van der Waals surface area (Å²) in [5.74, 6) is -1.06. The van der Waals surface area contributed by atoms with E-state index in [9.17, 15) is 19.5 Å². The molecular weight excluding hydrogens is 586 g/mol. The van der Waals surface area contributed by atoms with Crippen LogP contribution >= 0.6 is 15.9 Å². The van der Waals surface area contributed by atoms with Gasteiger partial charge in [0, 0.05) is 20.0 Å². The lowest BCUT2D eigenvalue weighted by atomic mass is 9.98. The molecule has 0 radical (unpaired) electrons. The maximum Gasteiger partial charge on any atom is 0.416 e. The zero-order valence-corrected chi connectivity index (χ0v) is 24.9. The number of aliphatic hydroxyl groups excluding tert-OH is 1. The van der Waals surface area contributed by atoms with Gasteiger partial charge in [-0.3, -0.25) is 9.59 Å². The molecule has 1 saturated heterocycles. The zero-order valence-electron chi connectivity index (χ0n) is 23.3. The van der Waals surface area contributed by atoms with Gasteiger partial charge in [0.05, 0.1) is 36.3 Å². The molecule has 0 bridgehead atoms. The van der Waals surface area contributed by atoms with Gasteiger partial charge in [-0.15, -0.1) is 0 Å². The van der Waals surface area contributed by atoms with Crippen molar-refractivity contribution in [2.75, 3.05) is 26.4 Å². The number of hydrogen-bond acceptors (Lipinski definition) is 9. The van der Waals surface area contributed by atoms with E-state index in [0.717, 1.165) is 10.5 Å². The van der Waals surface area contributed by atoms with Crippen molar-refractivity contribution in [1.29, 1.82) is 0 Å². The molecule has 0 spiro atoms. The van der Waals surface area contributed by atoms with E-state index in [1.165, 1.54) is 6.92 Å². The predicted molar refractivity (Wildman–Crippen MR) is 148 cm³/mol. The van der Waals surface area contributed by atoms with Crippen molar-refractivity contribution in [2.45, 2.75) is 65.4 Å². The van der Waals surface area contributed by atoms with Crippen molar-refractivity contribution in [3.63, 3.8) is 0 Å². The van der Waals surface area contributed by atoms with E-state index in [-0.39, 0.29) is 25.7 Å². The third-order valence-corrected chi connectivity index (χ3v) is 7.31. The van der Waals surface area contributed by atoms with Crippen molar-refractivity contribution in [2.24, 2.45) is 11.8 Å². The molecule has 1 aliphatic rings. The van der Waals surface area contributed by atoms with Crippen molar-refractivity contribution in [3.05, 3.63) is 58.0 Å². The van der Waals surface area contributed by atoms with Gasteiger partial charge in [-0.25, -0.2) is 9.69 Å². The summed E-state index contributed by atoms with van der Waals surface area (Å²) in [6.07, 6.45) is -1.04. The molecule has 0 saturated carbocycles. The van der Waals surface area contributed by atoms with Crippen LogP contribution in [-0.4, -0.2) is 66.5 Å². The summed E-state index contributed by atoms with van der Waals surface area (Å²) >= 11 is 3.49. The van der Waals surface area contributed by atoms with Crippen LogP contribution in [-0.2, 0) is 41.6 Å². The summed E-state index contributed by atoms with van der Waals surface area (Å²) < 4.78 is 28.7. The number of cyclic esters (lactones) is 1. The number of halogens is 1. The van der Waals surface area contributed by atoms with Gasteiger partial charge in [-0.05, 0) is 46.8 Å². The standard InChI is InChI=1S/C29H38BrNO9/c1-18(2)24-17-38-29(35)31(24)28(34)19(3)27(39-20(4)33)26-13-23(30)25(40-26)11-8-12-36-16-22(14-32)37-15-21-9-6-5-7-10-21/h5-7,9-10,13,18-19,22,24,27,32H,8,11-12,14-17H2,1-4H3. The van der Waals surface area contributed by atoms with Crippen LogP contribution in [0.1, 0.15) is 57.3 Å². The molecule has 2 heterocycles. The van der Waals surface area contributed by atoms with E-state index in [4.69, 9.17) is 23.4 Å². The van der Waals surface area contributed by atoms with Gasteiger partial charge >= 0.3 is 12.1 Å². The number of aliphatic hydroxyl groups is 1. The Hall–Kier alpha value is -2.73. The fourth-order valence-corrected chi connectivity index (χ4v) is 4.85. The molecule has 1 aliphatic heterocycles. The van der Waals surface area contributed by atoms with Crippen molar-refractivity contribution in [1.82, 2.24) is 4.90 Å². The average Bonchev–Trinajstić information content (AvgIpc) is 3.50. The van der Waals surface area contributed by atoms with E-state index in [2.05, 4.69) is 15.9 Å². The number of benzene rings is 1. The van der Waals surface area contributed by atoms with Crippen LogP contribution in [0.4, 0.5) is 4.79 Å². The van der Waals surface area contributed by atoms with E-state index in [0.29, 0.717) is 42.0 Å². The Morgan fingerprint density at radius 1 is 1.20 bits per heavy atom. The highest BCUT2D eigenvalue weighted by atomic mass is 79.9. The third-order valence-electron chi connectivity index (χ3n) is 6.63. The molecule has 2 aromatic rings. The summed E-state index contributed by atoms with van der Waals surface area (Å²) in [6, 6.07) is 11.0. The van der Waals surface area contributed by atoms with E-state index in [1.807, 2.05) is 44.2 Å². The Balaban J connectivity index is 1.56. The van der Waals surface area contributed by atoms with E-state index >= 15 is 0 Å². The van der Waals surface area contributed by atoms with Crippen LogP contribution in [0.5, 0.6) is 0 Å². The normalized spacial score (nSPS) is 17.5. The number of furan rings is 1. The first kappa shape index (κ1) is 31.8. The highest BCUT2D eigenvalue weighted by Crippen LogP contribution is 2.35. The second kappa shape index (κ2) is 15.3.